The van der Waals surface area contributed by atoms with Gasteiger partial charge in [0.25, 0.3) is 0 Å². The maximum absolute atomic E-state index is 12.0. The van der Waals surface area contributed by atoms with Gasteiger partial charge in [0, 0.05) is 10.6 Å². The summed E-state index contributed by atoms with van der Waals surface area (Å²) in [5, 5.41) is 13.9. The van der Waals surface area contributed by atoms with Gasteiger partial charge in [-0.1, -0.05) is 23.1 Å². The quantitative estimate of drug-likeness (QED) is 0.894. The number of carbonyl (C=O) groups excluding carboxylic acids is 1. The Morgan fingerprint density at radius 1 is 1.38 bits per heavy atom. The van der Waals surface area contributed by atoms with Gasteiger partial charge in [0.1, 0.15) is 5.51 Å². The molecule has 1 unspecified atom stereocenters. The van der Waals surface area contributed by atoms with Crippen molar-refractivity contribution < 1.29 is 4.79 Å². The van der Waals surface area contributed by atoms with Crippen molar-refractivity contribution in [3.63, 3.8) is 0 Å². The molecular formula is C13H15ClN4OS2. The van der Waals surface area contributed by atoms with E-state index in [0.29, 0.717) is 0 Å². The molecule has 2 heterocycles. The Morgan fingerprint density at radius 2 is 2.19 bits per heavy atom. The van der Waals surface area contributed by atoms with E-state index in [1.54, 1.807) is 17.3 Å². The van der Waals surface area contributed by atoms with Crippen LogP contribution in [0.15, 0.2) is 39.0 Å². The van der Waals surface area contributed by atoms with Crippen molar-refractivity contribution in [2.45, 2.75) is 28.1 Å². The number of rotatable bonds is 4. The van der Waals surface area contributed by atoms with E-state index < -0.39 is 0 Å². The molecule has 0 saturated carbocycles. The summed E-state index contributed by atoms with van der Waals surface area (Å²) in [5.74, 6) is 0.0482. The molecule has 2 aromatic rings. The van der Waals surface area contributed by atoms with Crippen LogP contribution in [0.1, 0.15) is 12.8 Å². The molecule has 1 fully saturated rings. The predicted octanol–water partition coefficient (Wildman–Crippen LogP) is 2.80. The second-order valence-electron chi connectivity index (χ2n) is 4.47. The van der Waals surface area contributed by atoms with E-state index >= 15 is 0 Å². The van der Waals surface area contributed by atoms with Crippen LogP contribution in [0.25, 0.3) is 0 Å². The Hall–Kier alpha value is -1.15. The molecule has 1 aromatic carbocycles. The van der Waals surface area contributed by atoms with Gasteiger partial charge in [-0.25, -0.2) is 0 Å². The van der Waals surface area contributed by atoms with Crippen LogP contribution in [0, 0.1) is 0 Å². The van der Waals surface area contributed by atoms with Gasteiger partial charge in [0.15, 0.2) is 4.34 Å². The molecule has 0 spiro atoms. The number of hydrogen-bond donors (Lipinski definition) is 2. The average molecular weight is 343 g/mol. The third kappa shape index (κ3) is 4.41. The van der Waals surface area contributed by atoms with Crippen LogP contribution in [-0.2, 0) is 4.79 Å². The van der Waals surface area contributed by atoms with Gasteiger partial charge < -0.3 is 10.6 Å². The highest BCUT2D eigenvalue weighted by Crippen LogP contribution is 2.29. The fourth-order valence-corrected chi connectivity index (χ4v) is 3.50. The lowest BCUT2D eigenvalue weighted by molar-refractivity contribution is -0.117. The molecule has 1 saturated heterocycles. The lowest BCUT2D eigenvalue weighted by atomic mass is 10.2. The third-order valence-corrected chi connectivity index (χ3v) is 4.83. The second-order valence-corrected chi connectivity index (χ2v) is 6.62. The van der Waals surface area contributed by atoms with Crippen LogP contribution in [0.4, 0.5) is 5.69 Å². The Kier molecular flexibility index (Phi) is 5.98. The molecule has 5 nitrogen and oxygen atoms in total. The number of aromatic nitrogens is 2. The van der Waals surface area contributed by atoms with Gasteiger partial charge in [-0.2, -0.15) is 0 Å². The Balaban J connectivity index is 0.00000161. The first kappa shape index (κ1) is 16.2. The molecule has 21 heavy (non-hydrogen) atoms. The lowest BCUT2D eigenvalue weighted by Gasteiger charge is -2.11. The molecule has 1 amide bonds. The van der Waals surface area contributed by atoms with Gasteiger partial charge in [-0.15, -0.1) is 22.6 Å². The largest absolute Gasteiger partial charge is 0.325 e. The molecule has 8 heteroatoms. The maximum atomic E-state index is 12.0. The highest BCUT2D eigenvalue weighted by atomic mass is 35.5. The van der Waals surface area contributed by atoms with E-state index in [1.807, 2.05) is 24.3 Å². The minimum absolute atomic E-state index is 0. The molecule has 1 aliphatic heterocycles. The Morgan fingerprint density at radius 3 is 2.81 bits per heavy atom. The van der Waals surface area contributed by atoms with Crippen LogP contribution in [0.3, 0.4) is 0 Å². The summed E-state index contributed by atoms with van der Waals surface area (Å²) in [6.07, 6.45) is 1.98. The van der Waals surface area contributed by atoms with Crippen molar-refractivity contribution in [3.05, 3.63) is 29.8 Å². The van der Waals surface area contributed by atoms with Crippen molar-refractivity contribution in [2.24, 2.45) is 0 Å². The molecule has 1 atom stereocenters. The number of anilines is 1. The fourth-order valence-electron chi connectivity index (χ4n) is 2.05. The number of hydrogen-bond acceptors (Lipinski definition) is 6. The highest BCUT2D eigenvalue weighted by molar-refractivity contribution is 8.01. The summed E-state index contributed by atoms with van der Waals surface area (Å²) in [6, 6.07) is 7.73. The number of amides is 1. The number of benzene rings is 1. The summed E-state index contributed by atoms with van der Waals surface area (Å²) in [6.45, 7) is 0.926. The summed E-state index contributed by atoms with van der Waals surface area (Å²) in [4.78, 5) is 13.0. The summed E-state index contributed by atoms with van der Waals surface area (Å²) in [5.41, 5.74) is 2.54. The minimum atomic E-state index is -0.0505. The van der Waals surface area contributed by atoms with Crippen LogP contribution in [-0.4, -0.2) is 28.7 Å². The third-order valence-electron chi connectivity index (χ3n) is 3.04. The van der Waals surface area contributed by atoms with Gasteiger partial charge in [-0.3, -0.25) is 4.79 Å². The molecule has 0 aliphatic carbocycles. The summed E-state index contributed by atoms with van der Waals surface area (Å²) >= 11 is 3.08. The summed E-state index contributed by atoms with van der Waals surface area (Å²) < 4.78 is 0.914. The summed E-state index contributed by atoms with van der Waals surface area (Å²) in [7, 11) is 0. The fraction of sp³-hybridized carbons (Fsp3) is 0.308. The molecule has 0 radical (unpaired) electrons. The molecule has 2 N–H and O–H groups in total. The Bertz CT molecular complexity index is 570. The van der Waals surface area contributed by atoms with Crippen molar-refractivity contribution in [1.29, 1.82) is 0 Å². The van der Waals surface area contributed by atoms with E-state index in [4.69, 9.17) is 0 Å². The lowest BCUT2D eigenvalue weighted by Crippen LogP contribution is -2.35. The topological polar surface area (TPSA) is 66.9 Å². The first-order valence-electron chi connectivity index (χ1n) is 6.39. The Labute approximate surface area is 137 Å². The van der Waals surface area contributed by atoms with Gasteiger partial charge in [0.2, 0.25) is 5.91 Å². The normalized spacial score (nSPS) is 17.2. The first-order chi connectivity index (χ1) is 9.81. The molecule has 112 valence electrons. The van der Waals surface area contributed by atoms with Gasteiger partial charge in [0.05, 0.1) is 6.04 Å². The minimum Gasteiger partial charge on any atom is -0.325 e. The van der Waals surface area contributed by atoms with Crippen molar-refractivity contribution in [2.75, 3.05) is 11.9 Å². The molecule has 1 aliphatic rings. The number of halogens is 1. The molecule has 3 rings (SSSR count). The molecule has 1 aromatic heterocycles. The zero-order valence-corrected chi connectivity index (χ0v) is 13.6. The SMILES string of the molecule is Cl.O=C(Nc1ccc(Sc2nncs2)cc1)C1CCCN1. The predicted molar refractivity (Wildman–Crippen MR) is 87.4 cm³/mol. The van der Waals surface area contributed by atoms with Crippen LogP contribution >= 0.6 is 35.5 Å². The smallest absolute Gasteiger partial charge is 0.241 e. The second kappa shape index (κ2) is 7.74. The van der Waals surface area contributed by atoms with Gasteiger partial charge >= 0.3 is 0 Å². The zero-order chi connectivity index (χ0) is 13.8. The number of carbonyl (C=O) groups is 1. The first-order valence-corrected chi connectivity index (χ1v) is 8.09. The van der Waals surface area contributed by atoms with E-state index in [2.05, 4.69) is 20.8 Å². The maximum Gasteiger partial charge on any atom is 0.241 e. The number of nitrogens with zero attached hydrogens (tertiary/aromatic N) is 2. The monoisotopic (exact) mass is 342 g/mol. The molecule has 0 bridgehead atoms. The van der Waals surface area contributed by atoms with E-state index in [9.17, 15) is 4.79 Å². The standard InChI is InChI=1S/C13H14N4OS2.ClH/c18-12(11-2-1-7-14-11)16-9-3-5-10(6-4-9)20-13-17-15-8-19-13;/h3-6,8,11,14H,1-2,7H2,(H,16,18);1H. The van der Waals surface area contributed by atoms with E-state index in [0.717, 1.165) is 34.3 Å². The van der Waals surface area contributed by atoms with Crippen LogP contribution < -0.4 is 10.6 Å². The highest BCUT2D eigenvalue weighted by Gasteiger charge is 2.21. The van der Waals surface area contributed by atoms with E-state index in [-0.39, 0.29) is 24.4 Å². The van der Waals surface area contributed by atoms with Crippen LogP contribution in [0.2, 0.25) is 0 Å². The van der Waals surface area contributed by atoms with Crippen LogP contribution in [0.5, 0.6) is 0 Å². The van der Waals surface area contributed by atoms with Crippen molar-refractivity contribution in [3.8, 4) is 0 Å². The number of nitrogens with one attached hydrogen (secondary N) is 2. The van der Waals surface area contributed by atoms with Crippen molar-refractivity contribution in [1.82, 2.24) is 15.5 Å². The van der Waals surface area contributed by atoms with Gasteiger partial charge in [-0.05, 0) is 43.7 Å². The van der Waals surface area contributed by atoms with Crippen molar-refractivity contribution >= 4 is 47.1 Å². The average Bonchev–Trinajstić information content (AvgIpc) is 3.13. The molecular weight excluding hydrogens is 328 g/mol. The zero-order valence-electron chi connectivity index (χ0n) is 11.1. The van der Waals surface area contributed by atoms with E-state index in [1.165, 1.54) is 11.3 Å².